The summed E-state index contributed by atoms with van der Waals surface area (Å²) in [5.74, 6) is -0.271. The fourth-order valence-corrected chi connectivity index (χ4v) is 2.93. The molecule has 0 aliphatic carbocycles. The van der Waals surface area contributed by atoms with Crippen LogP contribution in [0.4, 0.5) is 0 Å². The third kappa shape index (κ3) is 3.68. The van der Waals surface area contributed by atoms with Crippen LogP contribution in [-0.4, -0.2) is 14.9 Å². The second-order valence-electron chi connectivity index (χ2n) is 6.18. The molecule has 0 fully saturated rings. The van der Waals surface area contributed by atoms with Crippen LogP contribution in [0.25, 0.3) is 5.69 Å². The van der Waals surface area contributed by atoms with Crippen LogP contribution < -0.4 is 11.1 Å². The number of benzene rings is 2. The molecule has 0 saturated heterocycles. The molecular formula is C20H17ClN2O3. The molecule has 0 N–H and O–H groups in total. The second-order valence-corrected chi connectivity index (χ2v) is 6.62. The van der Waals surface area contributed by atoms with Gasteiger partial charge in [-0.2, -0.15) is 0 Å². The van der Waals surface area contributed by atoms with Crippen molar-refractivity contribution in [3.63, 3.8) is 0 Å². The minimum Gasteiger partial charge on any atom is -0.301 e. The lowest BCUT2D eigenvalue weighted by atomic mass is 10.1. The summed E-state index contributed by atoms with van der Waals surface area (Å²) < 4.78 is 2.42. The van der Waals surface area contributed by atoms with Gasteiger partial charge in [-0.3, -0.25) is 19.0 Å². The zero-order valence-electron chi connectivity index (χ0n) is 14.4. The molecule has 0 aliphatic heterocycles. The smallest absolute Gasteiger partial charge is 0.301 e. The first kappa shape index (κ1) is 17.9. The van der Waals surface area contributed by atoms with Crippen molar-refractivity contribution < 1.29 is 4.79 Å². The average molecular weight is 369 g/mol. The number of carbonyl (C=O) groups is 1. The Bertz CT molecular complexity index is 1080. The van der Waals surface area contributed by atoms with Crippen molar-refractivity contribution in [2.75, 3.05) is 0 Å². The van der Waals surface area contributed by atoms with Crippen molar-refractivity contribution in [2.24, 2.45) is 0 Å². The Morgan fingerprint density at radius 2 is 1.54 bits per heavy atom. The number of rotatable bonds is 4. The van der Waals surface area contributed by atoms with E-state index in [9.17, 15) is 14.4 Å². The Balaban J connectivity index is 1.95. The average Bonchev–Trinajstić information content (AvgIpc) is 2.58. The van der Waals surface area contributed by atoms with Gasteiger partial charge in [-0.25, -0.2) is 0 Å². The molecule has 0 saturated carbocycles. The third-order valence-electron chi connectivity index (χ3n) is 4.02. The summed E-state index contributed by atoms with van der Waals surface area (Å²) in [6.45, 7) is 3.64. The van der Waals surface area contributed by atoms with Gasteiger partial charge < -0.3 is 4.57 Å². The van der Waals surface area contributed by atoms with E-state index in [-0.39, 0.29) is 12.3 Å². The number of ketones is 1. The summed E-state index contributed by atoms with van der Waals surface area (Å²) in [5, 5.41) is 0.523. The van der Waals surface area contributed by atoms with Crippen molar-refractivity contribution in [3.05, 3.63) is 97.3 Å². The largest absolute Gasteiger partial charge is 0.320 e. The number of hydrogen-bond donors (Lipinski definition) is 0. The van der Waals surface area contributed by atoms with Crippen LogP contribution in [0.1, 0.15) is 21.5 Å². The Hall–Kier alpha value is -2.92. The first-order valence-corrected chi connectivity index (χ1v) is 8.42. The number of hydrogen-bond acceptors (Lipinski definition) is 3. The standard InChI is InChI=1S/C20H17ClN2O3/c1-13-9-14(2)11-17(10-13)23-8-7-22(19(25)20(23)26)12-18(24)15-3-5-16(21)6-4-15/h3-11H,12H2,1-2H3. The van der Waals surface area contributed by atoms with Crippen LogP contribution >= 0.6 is 11.6 Å². The van der Waals surface area contributed by atoms with Crippen LogP contribution in [-0.2, 0) is 6.54 Å². The van der Waals surface area contributed by atoms with Gasteiger partial charge in [-0.05, 0) is 61.4 Å². The van der Waals surface area contributed by atoms with Gasteiger partial charge in [0.2, 0.25) is 0 Å². The first-order chi connectivity index (χ1) is 12.3. The van der Waals surface area contributed by atoms with E-state index in [4.69, 9.17) is 11.6 Å². The molecule has 3 rings (SSSR count). The van der Waals surface area contributed by atoms with Crippen molar-refractivity contribution in [1.82, 2.24) is 9.13 Å². The lowest BCUT2D eigenvalue weighted by Gasteiger charge is -2.10. The number of aromatic nitrogens is 2. The number of Topliss-reactive ketones (excluding diaryl/α,β-unsaturated/α-hetero) is 1. The predicted molar refractivity (Wildman–Crippen MR) is 102 cm³/mol. The van der Waals surface area contributed by atoms with E-state index in [1.165, 1.54) is 17.0 Å². The summed E-state index contributed by atoms with van der Waals surface area (Å²) in [7, 11) is 0. The Morgan fingerprint density at radius 1 is 0.923 bits per heavy atom. The van der Waals surface area contributed by atoms with E-state index in [1.807, 2.05) is 32.0 Å². The van der Waals surface area contributed by atoms with Gasteiger partial charge in [-0.15, -0.1) is 0 Å². The third-order valence-corrected chi connectivity index (χ3v) is 4.28. The lowest BCUT2D eigenvalue weighted by molar-refractivity contribution is 0.0970. The summed E-state index contributed by atoms with van der Waals surface area (Å²) in [4.78, 5) is 37.2. The summed E-state index contributed by atoms with van der Waals surface area (Å²) in [6, 6.07) is 12.0. The molecule has 0 radical (unpaired) electrons. The predicted octanol–water partition coefficient (Wildman–Crippen LogP) is 3.15. The van der Waals surface area contributed by atoms with Crippen LogP contribution in [0.5, 0.6) is 0 Å². The second kappa shape index (κ2) is 7.14. The molecule has 0 aliphatic rings. The number of halogens is 1. The zero-order chi connectivity index (χ0) is 18.8. The summed E-state index contributed by atoms with van der Waals surface area (Å²) in [5.41, 5.74) is 1.61. The minimum absolute atomic E-state index is 0.205. The first-order valence-electron chi connectivity index (χ1n) is 8.05. The molecular weight excluding hydrogens is 352 g/mol. The molecule has 3 aromatic rings. The van der Waals surface area contributed by atoms with Crippen LogP contribution in [0, 0.1) is 13.8 Å². The molecule has 1 heterocycles. The van der Waals surface area contributed by atoms with E-state index >= 15 is 0 Å². The monoisotopic (exact) mass is 368 g/mol. The fraction of sp³-hybridized carbons (Fsp3) is 0.150. The number of carbonyl (C=O) groups excluding carboxylic acids is 1. The van der Waals surface area contributed by atoms with Crippen LogP contribution in [0.2, 0.25) is 5.02 Å². The normalized spacial score (nSPS) is 10.7. The molecule has 0 atom stereocenters. The highest BCUT2D eigenvalue weighted by Gasteiger charge is 2.12. The maximum atomic E-state index is 12.5. The zero-order valence-corrected chi connectivity index (χ0v) is 15.2. The van der Waals surface area contributed by atoms with Gasteiger partial charge in [0.1, 0.15) is 0 Å². The summed E-state index contributed by atoms with van der Waals surface area (Å²) >= 11 is 5.81. The van der Waals surface area contributed by atoms with Crippen molar-refractivity contribution in [1.29, 1.82) is 0 Å². The summed E-state index contributed by atoms with van der Waals surface area (Å²) in [6.07, 6.45) is 2.96. The molecule has 6 heteroatoms. The highest BCUT2D eigenvalue weighted by Crippen LogP contribution is 2.12. The molecule has 5 nitrogen and oxygen atoms in total. The van der Waals surface area contributed by atoms with Crippen molar-refractivity contribution in [2.45, 2.75) is 20.4 Å². The van der Waals surface area contributed by atoms with Crippen molar-refractivity contribution in [3.8, 4) is 5.69 Å². The highest BCUT2D eigenvalue weighted by molar-refractivity contribution is 6.30. The topological polar surface area (TPSA) is 61.1 Å². The molecule has 0 spiro atoms. The van der Waals surface area contributed by atoms with E-state index in [2.05, 4.69) is 0 Å². The minimum atomic E-state index is -0.742. The van der Waals surface area contributed by atoms with Gasteiger partial charge in [0.25, 0.3) is 0 Å². The van der Waals surface area contributed by atoms with Gasteiger partial charge >= 0.3 is 11.1 Å². The molecule has 1 aromatic heterocycles. The molecule has 0 unspecified atom stereocenters. The van der Waals surface area contributed by atoms with E-state index < -0.39 is 11.1 Å². The Labute approximate surface area is 155 Å². The van der Waals surface area contributed by atoms with Crippen LogP contribution in [0.3, 0.4) is 0 Å². The van der Waals surface area contributed by atoms with E-state index in [0.29, 0.717) is 16.3 Å². The van der Waals surface area contributed by atoms with Gasteiger partial charge in [0.15, 0.2) is 5.78 Å². The maximum absolute atomic E-state index is 12.5. The SMILES string of the molecule is Cc1cc(C)cc(-n2ccn(CC(=O)c3ccc(Cl)cc3)c(=O)c2=O)c1. The maximum Gasteiger partial charge on any atom is 0.320 e. The van der Waals surface area contributed by atoms with Gasteiger partial charge in [0.05, 0.1) is 6.54 Å². The molecule has 2 aromatic carbocycles. The van der Waals surface area contributed by atoms with E-state index in [1.54, 1.807) is 24.3 Å². The fourth-order valence-electron chi connectivity index (χ4n) is 2.81. The Morgan fingerprint density at radius 3 is 2.15 bits per heavy atom. The number of nitrogens with zero attached hydrogens (tertiary/aromatic N) is 2. The van der Waals surface area contributed by atoms with Gasteiger partial charge in [-0.1, -0.05) is 17.7 Å². The molecule has 132 valence electrons. The van der Waals surface area contributed by atoms with Gasteiger partial charge in [0, 0.05) is 28.7 Å². The number of aryl methyl sites for hydroxylation is 2. The molecule has 0 bridgehead atoms. The van der Waals surface area contributed by atoms with E-state index in [0.717, 1.165) is 15.7 Å². The lowest BCUT2D eigenvalue weighted by Crippen LogP contribution is -2.41. The van der Waals surface area contributed by atoms with Crippen molar-refractivity contribution >= 4 is 17.4 Å². The molecule has 0 amide bonds. The molecule has 26 heavy (non-hydrogen) atoms. The Kier molecular flexibility index (Phi) is 4.91. The quantitative estimate of drug-likeness (QED) is 0.525. The highest BCUT2D eigenvalue weighted by atomic mass is 35.5. The van der Waals surface area contributed by atoms with Crippen LogP contribution in [0.15, 0.2) is 64.4 Å².